The number of nitrogens with one attached hydrogen (secondary N) is 2. The van der Waals surface area contributed by atoms with Crippen LogP contribution in [0, 0.1) is 13.8 Å². The molecule has 2 N–H and O–H groups in total. The lowest BCUT2D eigenvalue weighted by Crippen LogP contribution is -2.36. The Morgan fingerprint density at radius 1 is 1.12 bits per heavy atom. The van der Waals surface area contributed by atoms with E-state index in [4.69, 9.17) is 0 Å². The lowest BCUT2D eigenvalue weighted by molar-refractivity contribution is 0.0927. The van der Waals surface area contributed by atoms with Crippen molar-refractivity contribution in [3.8, 4) is 0 Å². The van der Waals surface area contributed by atoms with Crippen LogP contribution in [0.3, 0.4) is 0 Å². The van der Waals surface area contributed by atoms with Gasteiger partial charge in [-0.05, 0) is 50.5 Å². The van der Waals surface area contributed by atoms with Gasteiger partial charge < -0.3 is 10.6 Å². The molecule has 1 aromatic heterocycles. The van der Waals surface area contributed by atoms with Gasteiger partial charge >= 0.3 is 0 Å². The highest BCUT2D eigenvalue weighted by Gasteiger charge is 2.18. The molecule has 132 valence electrons. The number of carbonyl (C=O) groups is 2. The normalized spacial score (nSPS) is 15.0. The van der Waals surface area contributed by atoms with Crippen LogP contribution in [-0.2, 0) is 0 Å². The SMILES string of the molecule is Cc1cc(C(=O)NC2CCCCC2)ccc1NC(=O)c1scnc1C. The van der Waals surface area contributed by atoms with Gasteiger partial charge in [-0.15, -0.1) is 11.3 Å². The highest BCUT2D eigenvalue weighted by molar-refractivity contribution is 7.12. The second-order valence-electron chi connectivity index (χ2n) is 6.56. The van der Waals surface area contributed by atoms with Crippen LogP contribution in [0.15, 0.2) is 23.7 Å². The first-order chi connectivity index (χ1) is 12.0. The van der Waals surface area contributed by atoms with Crippen molar-refractivity contribution in [3.05, 3.63) is 45.4 Å². The van der Waals surface area contributed by atoms with Crippen LogP contribution in [-0.4, -0.2) is 22.8 Å². The molecule has 0 aliphatic heterocycles. The van der Waals surface area contributed by atoms with E-state index in [-0.39, 0.29) is 17.9 Å². The van der Waals surface area contributed by atoms with E-state index in [2.05, 4.69) is 15.6 Å². The number of amides is 2. The molecule has 1 aliphatic carbocycles. The first-order valence-corrected chi connectivity index (χ1v) is 9.55. The van der Waals surface area contributed by atoms with Gasteiger partial charge in [0.25, 0.3) is 11.8 Å². The Balaban J connectivity index is 1.67. The summed E-state index contributed by atoms with van der Waals surface area (Å²) in [5, 5.41) is 6.02. The van der Waals surface area contributed by atoms with E-state index in [0.717, 1.165) is 24.1 Å². The molecule has 1 aliphatic rings. The molecule has 5 nitrogen and oxygen atoms in total. The lowest BCUT2D eigenvalue weighted by atomic mass is 9.95. The van der Waals surface area contributed by atoms with Crippen LogP contribution in [0.25, 0.3) is 0 Å². The second kappa shape index (κ2) is 7.78. The molecule has 0 atom stereocenters. The van der Waals surface area contributed by atoms with Crippen molar-refractivity contribution in [2.75, 3.05) is 5.32 Å². The number of anilines is 1. The number of benzene rings is 1. The van der Waals surface area contributed by atoms with Gasteiger partial charge in [-0.3, -0.25) is 9.59 Å². The van der Waals surface area contributed by atoms with Crippen molar-refractivity contribution >= 4 is 28.8 Å². The standard InChI is InChI=1S/C19H23N3O2S/c1-12-10-14(18(23)21-15-6-4-3-5-7-15)8-9-16(12)22-19(24)17-13(2)20-11-25-17/h8-11,15H,3-7H2,1-2H3,(H,21,23)(H,22,24). The summed E-state index contributed by atoms with van der Waals surface area (Å²) in [7, 11) is 0. The molecule has 0 spiro atoms. The summed E-state index contributed by atoms with van der Waals surface area (Å²) in [5.41, 5.74) is 4.60. The van der Waals surface area contributed by atoms with Gasteiger partial charge in [-0.2, -0.15) is 0 Å². The molecular formula is C19H23N3O2S. The summed E-state index contributed by atoms with van der Waals surface area (Å²) in [6, 6.07) is 5.67. The molecular weight excluding hydrogens is 334 g/mol. The van der Waals surface area contributed by atoms with Crippen LogP contribution in [0.4, 0.5) is 5.69 Å². The molecule has 2 aromatic rings. The zero-order valence-electron chi connectivity index (χ0n) is 14.6. The predicted molar refractivity (Wildman–Crippen MR) is 100 cm³/mol. The molecule has 25 heavy (non-hydrogen) atoms. The van der Waals surface area contributed by atoms with E-state index < -0.39 is 0 Å². The average Bonchev–Trinajstić information content (AvgIpc) is 3.03. The Kier molecular flexibility index (Phi) is 5.48. The van der Waals surface area contributed by atoms with E-state index in [9.17, 15) is 9.59 Å². The summed E-state index contributed by atoms with van der Waals surface area (Å²) in [4.78, 5) is 29.4. The van der Waals surface area contributed by atoms with Crippen molar-refractivity contribution in [3.63, 3.8) is 0 Å². The van der Waals surface area contributed by atoms with E-state index >= 15 is 0 Å². The maximum absolute atomic E-state index is 12.4. The van der Waals surface area contributed by atoms with Crippen molar-refractivity contribution in [1.29, 1.82) is 0 Å². The summed E-state index contributed by atoms with van der Waals surface area (Å²) < 4.78 is 0. The van der Waals surface area contributed by atoms with Crippen molar-refractivity contribution < 1.29 is 9.59 Å². The molecule has 0 bridgehead atoms. The monoisotopic (exact) mass is 357 g/mol. The van der Waals surface area contributed by atoms with Gasteiger partial charge in [-0.25, -0.2) is 4.98 Å². The minimum absolute atomic E-state index is 0.0359. The van der Waals surface area contributed by atoms with E-state index in [1.807, 2.05) is 19.9 Å². The third-order valence-corrected chi connectivity index (χ3v) is 5.56. The number of hydrogen-bond acceptors (Lipinski definition) is 4. The number of hydrogen-bond donors (Lipinski definition) is 2. The van der Waals surface area contributed by atoms with Gasteiger partial charge in [0, 0.05) is 17.3 Å². The Hall–Kier alpha value is -2.21. The highest BCUT2D eigenvalue weighted by atomic mass is 32.1. The molecule has 3 rings (SSSR count). The smallest absolute Gasteiger partial charge is 0.267 e. The second-order valence-corrected chi connectivity index (χ2v) is 7.41. The van der Waals surface area contributed by atoms with Crippen LogP contribution < -0.4 is 10.6 Å². The predicted octanol–water partition coefficient (Wildman–Crippen LogP) is 4.07. The van der Waals surface area contributed by atoms with Gasteiger partial charge in [0.2, 0.25) is 0 Å². The maximum atomic E-state index is 12.4. The van der Waals surface area contributed by atoms with Crippen LogP contribution >= 0.6 is 11.3 Å². The Morgan fingerprint density at radius 3 is 2.52 bits per heavy atom. The minimum Gasteiger partial charge on any atom is -0.349 e. The van der Waals surface area contributed by atoms with Crippen molar-refractivity contribution in [2.45, 2.75) is 52.0 Å². The molecule has 0 radical (unpaired) electrons. The maximum Gasteiger partial charge on any atom is 0.267 e. The first kappa shape index (κ1) is 17.6. The third-order valence-electron chi connectivity index (χ3n) is 4.63. The van der Waals surface area contributed by atoms with Crippen molar-refractivity contribution in [2.24, 2.45) is 0 Å². The molecule has 1 aromatic carbocycles. The van der Waals surface area contributed by atoms with Gasteiger partial charge in [0.05, 0.1) is 11.2 Å². The van der Waals surface area contributed by atoms with Gasteiger partial charge in [0.15, 0.2) is 0 Å². The Labute approximate surface area is 151 Å². The fourth-order valence-electron chi connectivity index (χ4n) is 3.16. The first-order valence-electron chi connectivity index (χ1n) is 8.67. The van der Waals surface area contributed by atoms with E-state index in [1.165, 1.54) is 30.6 Å². The summed E-state index contributed by atoms with van der Waals surface area (Å²) in [5.74, 6) is -0.200. The molecule has 0 saturated heterocycles. The fraction of sp³-hybridized carbons (Fsp3) is 0.421. The molecule has 2 amide bonds. The molecule has 0 unspecified atom stereocenters. The van der Waals surface area contributed by atoms with Gasteiger partial charge in [0.1, 0.15) is 4.88 Å². The van der Waals surface area contributed by atoms with Crippen LogP contribution in [0.2, 0.25) is 0 Å². The zero-order chi connectivity index (χ0) is 17.8. The van der Waals surface area contributed by atoms with Crippen molar-refractivity contribution in [1.82, 2.24) is 10.3 Å². The topological polar surface area (TPSA) is 71.1 Å². The third kappa shape index (κ3) is 4.25. The largest absolute Gasteiger partial charge is 0.349 e. The number of thiazole rings is 1. The number of aryl methyl sites for hydroxylation is 2. The summed E-state index contributed by atoms with van der Waals surface area (Å²) in [6.45, 7) is 3.71. The summed E-state index contributed by atoms with van der Waals surface area (Å²) in [6.07, 6.45) is 5.76. The number of aromatic nitrogens is 1. The van der Waals surface area contributed by atoms with Crippen LogP contribution in [0.5, 0.6) is 0 Å². The van der Waals surface area contributed by atoms with Gasteiger partial charge in [-0.1, -0.05) is 19.3 Å². The Bertz CT molecular complexity index is 779. The number of nitrogens with zero attached hydrogens (tertiary/aromatic N) is 1. The fourth-order valence-corrected chi connectivity index (χ4v) is 3.86. The van der Waals surface area contributed by atoms with Crippen LogP contribution in [0.1, 0.15) is 63.4 Å². The highest BCUT2D eigenvalue weighted by Crippen LogP contribution is 2.21. The molecule has 6 heteroatoms. The zero-order valence-corrected chi connectivity index (χ0v) is 15.4. The molecule has 1 saturated carbocycles. The minimum atomic E-state index is -0.164. The number of rotatable bonds is 4. The van der Waals surface area contributed by atoms with E-state index in [1.54, 1.807) is 17.6 Å². The number of carbonyl (C=O) groups excluding carboxylic acids is 2. The molecule has 1 fully saturated rings. The lowest BCUT2D eigenvalue weighted by Gasteiger charge is -2.23. The van der Waals surface area contributed by atoms with E-state index in [0.29, 0.717) is 16.1 Å². The summed E-state index contributed by atoms with van der Waals surface area (Å²) >= 11 is 1.32. The Morgan fingerprint density at radius 2 is 1.88 bits per heavy atom. The molecule has 1 heterocycles. The average molecular weight is 357 g/mol. The quantitative estimate of drug-likeness (QED) is 0.866.